The van der Waals surface area contributed by atoms with Gasteiger partial charge in [-0.3, -0.25) is 9.69 Å². The molecule has 0 bridgehead atoms. The summed E-state index contributed by atoms with van der Waals surface area (Å²) in [6.07, 6.45) is 1.64. The molecular weight excluding hydrogens is 252 g/mol. The van der Waals surface area contributed by atoms with Crippen LogP contribution in [-0.4, -0.2) is 28.8 Å². The third-order valence-electron chi connectivity index (χ3n) is 3.48. The van der Waals surface area contributed by atoms with Gasteiger partial charge in [0.15, 0.2) is 0 Å². The first kappa shape index (κ1) is 14.3. The Morgan fingerprint density at radius 1 is 1.30 bits per heavy atom. The Kier molecular flexibility index (Phi) is 3.42. The van der Waals surface area contributed by atoms with Gasteiger partial charge in [0, 0.05) is 12.6 Å². The number of aliphatic imine (C=N–C) groups is 1. The smallest absolute Gasteiger partial charge is 0.277 e. The normalized spacial score (nSPS) is 17.9. The lowest BCUT2D eigenvalue weighted by atomic mass is 9.86. The fourth-order valence-electron chi connectivity index (χ4n) is 1.99. The molecule has 1 amide bonds. The highest BCUT2D eigenvalue weighted by atomic mass is 16.3. The third kappa shape index (κ3) is 2.59. The molecule has 0 saturated carbocycles. The number of phenols is 1. The second-order valence-corrected chi connectivity index (χ2v) is 6.08. The predicted octanol–water partition coefficient (Wildman–Crippen LogP) is 2.92. The number of amidine groups is 1. The van der Waals surface area contributed by atoms with E-state index in [0.717, 1.165) is 5.56 Å². The van der Waals surface area contributed by atoms with E-state index < -0.39 is 0 Å². The second kappa shape index (κ2) is 4.78. The van der Waals surface area contributed by atoms with Gasteiger partial charge in [0.05, 0.1) is 0 Å². The largest absolute Gasteiger partial charge is 0.507 e. The minimum Gasteiger partial charge on any atom is -0.507 e. The van der Waals surface area contributed by atoms with Crippen LogP contribution in [0.15, 0.2) is 28.9 Å². The van der Waals surface area contributed by atoms with Gasteiger partial charge in [-0.05, 0) is 36.1 Å². The molecule has 0 radical (unpaired) electrons. The molecule has 4 heteroatoms. The minimum atomic E-state index is -0.150. The molecule has 106 valence electrons. The Balaban J connectivity index is 2.47. The predicted molar refractivity (Wildman–Crippen MR) is 80.7 cm³/mol. The van der Waals surface area contributed by atoms with Crippen LogP contribution in [0.25, 0.3) is 6.08 Å². The number of carbonyl (C=O) groups is 1. The molecule has 1 aromatic carbocycles. The first-order chi connectivity index (χ1) is 9.20. The van der Waals surface area contributed by atoms with Crippen molar-refractivity contribution in [3.8, 4) is 5.75 Å². The number of likely N-dealkylation sites (N-methyl/N-ethyl adjacent to an activating group) is 1. The number of carbonyl (C=O) groups excluding carboxylic acids is 1. The molecule has 1 heterocycles. The molecule has 0 aliphatic carbocycles. The molecule has 0 aromatic heterocycles. The van der Waals surface area contributed by atoms with E-state index in [2.05, 4.69) is 25.8 Å². The topological polar surface area (TPSA) is 52.9 Å². The van der Waals surface area contributed by atoms with Crippen LogP contribution < -0.4 is 0 Å². The summed E-state index contributed by atoms with van der Waals surface area (Å²) in [6, 6.07) is 5.46. The average Bonchev–Trinajstić information content (AvgIpc) is 2.58. The van der Waals surface area contributed by atoms with E-state index in [1.807, 2.05) is 12.1 Å². The summed E-state index contributed by atoms with van der Waals surface area (Å²) in [4.78, 5) is 17.7. The maximum atomic E-state index is 12.0. The van der Waals surface area contributed by atoms with E-state index in [-0.39, 0.29) is 17.1 Å². The van der Waals surface area contributed by atoms with Gasteiger partial charge in [-0.1, -0.05) is 26.8 Å². The molecule has 0 spiro atoms. The monoisotopic (exact) mass is 272 g/mol. The summed E-state index contributed by atoms with van der Waals surface area (Å²) >= 11 is 0. The number of aromatic hydroxyl groups is 1. The van der Waals surface area contributed by atoms with Crippen LogP contribution in [0.5, 0.6) is 5.75 Å². The zero-order chi connectivity index (χ0) is 15.1. The van der Waals surface area contributed by atoms with Crippen molar-refractivity contribution in [3.05, 3.63) is 35.0 Å². The first-order valence-electron chi connectivity index (χ1n) is 6.58. The van der Waals surface area contributed by atoms with Crippen molar-refractivity contribution in [2.45, 2.75) is 33.1 Å². The van der Waals surface area contributed by atoms with E-state index in [0.29, 0.717) is 17.1 Å². The highest BCUT2D eigenvalue weighted by Crippen LogP contribution is 2.29. The summed E-state index contributed by atoms with van der Waals surface area (Å²) in [6.45, 7) is 8.09. The van der Waals surface area contributed by atoms with Crippen LogP contribution in [0.2, 0.25) is 0 Å². The van der Waals surface area contributed by atoms with Gasteiger partial charge in [-0.25, -0.2) is 4.99 Å². The minimum absolute atomic E-state index is 0.0172. The lowest BCUT2D eigenvalue weighted by Crippen LogP contribution is -2.25. The highest BCUT2D eigenvalue weighted by molar-refractivity contribution is 6.13. The van der Waals surface area contributed by atoms with Crippen molar-refractivity contribution < 1.29 is 9.90 Å². The van der Waals surface area contributed by atoms with Crippen LogP contribution in [0.4, 0.5) is 0 Å². The van der Waals surface area contributed by atoms with E-state index in [1.165, 1.54) is 4.90 Å². The molecule has 1 aliphatic rings. The van der Waals surface area contributed by atoms with Crippen molar-refractivity contribution in [1.29, 1.82) is 0 Å². The highest BCUT2D eigenvalue weighted by Gasteiger charge is 2.24. The molecule has 1 N–H and O–H groups in total. The first-order valence-corrected chi connectivity index (χ1v) is 6.58. The second-order valence-electron chi connectivity index (χ2n) is 6.08. The summed E-state index contributed by atoms with van der Waals surface area (Å²) in [5, 5.41) is 9.96. The van der Waals surface area contributed by atoms with Gasteiger partial charge in [-0.15, -0.1) is 0 Å². The van der Waals surface area contributed by atoms with Gasteiger partial charge in [0.2, 0.25) is 0 Å². The quantitative estimate of drug-likeness (QED) is 0.799. The van der Waals surface area contributed by atoms with Crippen molar-refractivity contribution in [1.82, 2.24) is 4.90 Å². The van der Waals surface area contributed by atoms with E-state index in [1.54, 1.807) is 26.1 Å². The lowest BCUT2D eigenvalue weighted by molar-refractivity contribution is -0.121. The molecule has 0 atom stereocenters. The number of rotatable bonds is 1. The molecular formula is C16H20N2O2. The van der Waals surface area contributed by atoms with Crippen LogP contribution in [0.1, 0.15) is 38.8 Å². The van der Waals surface area contributed by atoms with Gasteiger partial charge in [0.1, 0.15) is 17.3 Å². The molecule has 20 heavy (non-hydrogen) atoms. The van der Waals surface area contributed by atoms with Crippen molar-refractivity contribution in [2.75, 3.05) is 7.05 Å². The SMILES string of the molecule is CC1=N/C(=C\c2cc(C(C)(C)C)ccc2O)C(=O)N1C. The number of phenolic OH excluding ortho intramolecular Hbond substituents is 1. The molecule has 2 rings (SSSR count). The van der Waals surface area contributed by atoms with Crippen LogP contribution in [0.3, 0.4) is 0 Å². The van der Waals surface area contributed by atoms with Crippen molar-refractivity contribution in [2.24, 2.45) is 4.99 Å². The molecule has 1 aliphatic heterocycles. The summed E-state index contributed by atoms with van der Waals surface area (Å²) in [5.74, 6) is 0.663. The fourth-order valence-corrected chi connectivity index (χ4v) is 1.99. The number of hydrogen-bond acceptors (Lipinski definition) is 3. The zero-order valence-electron chi connectivity index (χ0n) is 12.6. The molecule has 4 nitrogen and oxygen atoms in total. The van der Waals surface area contributed by atoms with Gasteiger partial charge >= 0.3 is 0 Å². The Bertz CT molecular complexity index is 622. The molecule has 0 unspecified atom stereocenters. The summed E-state index contributed by atoms with van der Waals surface area (Å²) in [7, 11) is 1.69. The van der Waals surface area contributed by atoms with Crippen molar-refractivity contribution >= 4 is 17.8 Å². The van der Waals surface area contributed by atoms with E-state index in [9.17, 15) is 9.90 Å². The number of hydrogen-bond donors (Lipinski definition) is 1. The van der Waals surface area contributed by atoms with E-state index >= 15 is 0 Å². The number of amides is 1. The number of nitrogens with zero attached hydrogens (tertiary/aromatic N) is 2. The Labute approximate surface area is 119 Å². The standard InChI is InChI=1S/C16H20N2O2/c1-10-17-13(15(20)18(10)5)9-11-8-12(16(2,3)4)6-7-14(11)19/h6-9,19H,1-5H3/b13-9-. The molecule has 0 fully saturated rings. The van der Waals surface area contributed by atoms with Crippen LogP contribution >= 0.6 is 0 Å². The average molecular weight is 272 g/mol. The maximum Gasteiger partial charge on any atom is 0.277 e. The zero-order valence-corrected chi connectivity index (χ0v) is 12.6. The maximum absolute atomic E-state index is 12.0. The van der Waals surface area contributed by atoms with E-state index in [4.69, 9.17) is 0 Å². The van der Waals surface area contributed by atoms with Crippen molar-refractivity contribution in [3.63, 3.8) is 0 Å². The van der Waals surface area contributed by atoms with Gasteiger partial charge < -0.3 is 5.11 Å². The number of benzene rings is 1. The Morgan fingerprint density at radius 3 is 2.45 bits per heavy atom. The summed E-state index contributed by atoms with van der Waals surface area (Å²) in [5.41, 5.74) is 2.05. The van der Waals surface area contributed by atoms with Gasteiger partial charge in [-0.2, -0.15) is 0 Å². The summed E-state index contributed by atoms with van der Waals surface area (Å²) < 4.78 is 0. The third-order valence-corrected chi connectivity index (χ3v) is 3.48. The lowest BCUT2D eigenvalue weighted by Gasteiger charge is -2.19. The fraction of sp³-hybridized carbons (Fsp3) is 0.375. The van der Waals surface area contributed by atoms with Crippen LogP contribution in [0, 0.1) is 0 Å². The Morgan fingerprint density at radius 2 is 1.95 bits per heavy atom. The Hall–Kier alpha value is -2.10. The molecule has 0 saturated heterocycles. The molecule has 1 aromatic rings. The van der Waals surface area contributed by atoms with Gasteiger partial charge in [0.25, 0.3) is 5.91 Å². The van der Waals surface area contributed by atoms with Crippen LogP contribution in [-0.2, 0) is 10.2 Å².